The number of rotatable bonds is 8. The zero-order valence-electron chi connectivity index (χ0n) is 21.6. The van der Waals surface area contributed by atoms with Gasteiger partial charge < -0.3 is 10.2 Å². The Morgan fingerprint density at radius 3 is 2.60 bits per heavy atom. The summed E-state index contributed by atoms with van der Waals surface area (Å²) < 4.78 is 8.23. The Kier molecular flexibility index (Phi) is 7.42. The number of ketones is 1. The first-order valence-electron chi connectivity index (χ1n) is 12.3. The van der Waals surface area contributed by atoms with E-state index < -0.39 is 8.32 Å². The molecule has 0 radical (unpaired) electrons. The first-order chi connectivity index (χ1) is 16.5. The van der Waals surface area contributed by atoms with Crippen LogP contribution in [0.4, 0.5) is 5.82 Å². The zero-order valence-corrected chi connectivity index (χ0v) is 22.6. The van der Waals surface area contributed by atoms with Crippen LogP contribution in [-0.2, 0) is 11.0 Å². The topological polar surface area (TPSA) is 89.0 Å². The first-order valence-corrected chi connectivity index (χ1v) is 15.2. The Morgan fingerprint density at radius 2 is 1.89 bits per heavy atom. The van der Waals surface area contributed by atoms with Crippen molar-refractivity contribution < 1.29 is 9.22 Å². The minimum atomic E-state index is -1.92. The maximum Gasteiger partial charge on any atom is 0.195 e. The van der Waals surface area contributed by atoms with Crippen molar-refractivity contribution in [3.05, 3.63) is 60.0 Å². The number of nitrogens with two attached hydrogens (primary N) is 1. The van der Waals surface area contributed by atoms with Crippen LogP contribution in [0, 0.1) is 0 Å². The van der Waals surface area contributed by atoms with Gasteiger partial charge >= 0.3 is 0 Å². The monoisotopic (exact) mass is 494 g/mol. The highest BCUT2D eigenvalue weighted by atomic mass is 28.4. The third kappa shape index (κ3) is 5.80. The van der Waals surface area contributed by atoms with Crippen molar-refractivity contribution in [3.63, 3.8) is 0 Å². The van der Waals surface area contributed by atoms with Crippen molar-refractivity contribution in [2.75, 3.05) is 38.5 Å². The predicted molar refractivity (Wildman–Crippen MR) is 142 cm³/mol. The third-order valence-electron chi connectivity index (χ3n) is 7.49. The van der Waals surface area contributed by atoms with E-state index in [1.807, 2.05) is 6.07 Å². The van der Waals surface area contributed by atoms with E-state index in [4.69, 9.17) is 10.2 Å². The van der Waals surface area contributed by atoms with E-state index in [1.165, 1.54) is 11.9 Å². The van der Waals surface area contributed by atoms with E-state index in [2.05, 4.69) is 78.0 Å². The fraction of sp³-hybridized carbons (Fsp3) is 0.500. The third-order valence-corrected chi connectivity index (χ3v) is 12.0. The molecule has 8 nitrogen and oxygen atoms in total. The van der Waals surface area contributed by atoms with Gasteiger partial charge in [0.15, 0.2) is 19.9 Å². The summed E-state index contributed by atoms with van der Waals surface area (Å²) in [5.41, 5.74) is 8.45. The van der Waals surface area contributed by atoms with Crippen LogP contribution in [0.25, 0.3) is 5.52 Å². The summed E-state index contributed by atoms with van der Waals surface area (Å²) >= 11 is 0. The second-order valence-electron chi connectivity index (χ2n) is 11.0. The molecule has 9 heteroatoms. The maximum atomic E-state index is 13.4. The molecule has 2 aromatic heterocycles. The van der Waals surface area contributed by atoms with Gasteiger partial charge in [-0.25, -0.2) is 9.50 Å². The highest BCUT2D eigenvalue weighted by Gasteiger charge is 2.39. The highest BCUT2D eigenvalue weighted by molar-refractivity contribution is 6.74. The molecule has 188 valence electrons. The molecule has 0 amide bonds. The van der Waals surface area contributed by atoms with E-state index >= 15 is 0 Å². The number of fused-ring (bicyclic) bond motifs is 1. The lowest BCUT2D eigenvalue weighted by molar-refractivity contribution is 0.0378. The molecule has 0 spiro atoms. The van der Waals surface area contributed by atoms with Crippen LogP contribution in [0.15, 0.2) is 48.8 Å². The number of Topliss-reactive ketones (excluding diaryl/α,β-unsaturated/α-hetero) is 1. The lowest BCUT2D eigenvalue weighted by Gasteiger charge is -2.44. The molecule has 1 fully saturated rings. The summed E-state index contributed by atoms with van der Waals surface area (Å²) in [6, 6.07) is 14.3. The average molecular weight is 495 g/mol. The summed E-state index contributed by atoms with van der Waals surface area (Å²) in [5.74, 6) is 0.395. The van der Waals surface area contributed by atoms with Crippen LogP contribution in [-0.4, -0.2) is 77.3 Å². The summed E-state index contributed by atoms with van der Waals surface area (Å²) in [6.45, 7) is 15.8. The molecular formula is C26H38N6O2Si. The van der Waals surface area contributed by atoms with Gasteiger partial charge in [-0.15, -0.1) is 0 Å². The van der Waals surface area contributed by atoms with Crippen LogP contribution in [0.3, 0.4) is 0 Å². The average Bonchev–Trinajstić information content (AvgIpc) is 3.25. The number of aromatic nitrogens is 3. The number of hydrogen-bond acceptors (Lipinski definition) is 7. The molecule has 35 heavy (non-hydrogen) atoms. The molecule has 1 aromatic carbocycles. The van der Waals surface area contributed by atoms with Crippen molar-refractivity contribution in [1.82, 2.24) is 24.4 Å². The maximum absolute atomic E-state index is 13.4. The van der Waals surface area contributed by atoms with Gasteiger partial charge in [0.1, 0.15) is 17.5 Å². The van der Waals surface area contributed by atoms with Crippen molar-refractivity contribution in [2.24, 2.45) is 0 Å². The molecule has 2 N–H and O–H groups in total. The van der Waals surface area contributed by atoms with E-state index in [0.29, 0.717) is 30.2 Å². The molecule has 1 aliphatic heterocycles. The lowest BCUT2D eigenvalue weighted by Crippen LogP contribution is -2.57. The quantitative estimate of drug-likeness (QED) is 0.377. The molecular weight excluding hydrogens is 456 g/mol. The Hall–Kier alpha value is -2.59. The SMILES string of the molecule is CC(C)(C)[Si](C)(C)OCC1CN(Cc2ccccc2)CCN1CC(=O)c1ccc2c(N)ncnn12. The van der Waals surface area contributed by atoms with E-state index in [9.17, 15) is 4.79 Å². The van der Waals surface area contributed by atoms with Gasteiger partial charge in [-0.05, 0) is 35.8 Å². The Bertz CT molecular complexity index is 1160. The number of anilines is 1. The summed E-state index contributed by atoms with van der Waals surface area (Å²) in [5, 5.41) is 4.38. The van der Waals surface area contributed by atoms with Crippen molar-refractivity contribution in [2.45, 2.75) is 51.5 Å². The smallest absolute Gasteiger partial charge is 0.195 e. The predicted octanol–water partition coefficient (Wildman–Crippen LogP) is 3.70. The molecule has 1 aliphatic rings. The Labute approximate surface area is 209 Å². The largest absolute Gasteiger partial charge is 0.415 e. The molecule has 0 bridgehead atoms. The van der Waals surface area contributed by atoms with Gasteiger partial charge in [0.2, 0.25) is 0 Å². The number of benzene rings is 1. The van der Waals surface area contributed by atoms with E-state index in [1.54, 1.807) is 16.6 Å². The fourth-order valence-corrected chi connectivity index (χ4v) is 5.30. The number of hydrogen-bond donors (Lipinski definition) is 1. The summed E-state index contributed by atoms with van der Waals surface area (Å²) in [6.07, 6.45) is 1.39. The molecule has 4 rings (SSSR count). The highest BCUT2D eigenvalue weighted by Crippen LogP contribution is 2.36. The van der Waals surface area contributed by atoms with Gasteiger partial charge in [-0.3, -0.25) is 14.6 Å². The molecule has 1 unspecified atom stereocenters. The number of nitrogen functional groups attached to an aromatic ring is 1. The van der Waals surface area contributed by atoms with Crippen molar-refractivity contribution >= 4 is 25.4 Å². The Balaban J connectivity index is 1.50. The standard InChI is InChI=1S/C26H38N6O2Si/c1-26(2,3)35(4,5)34-18-21-16-30(15-20-9-7-6-8-10-20)13-14-31(21)17-24(33)22-11-12-23-25(27)28-19-29-32(22)23/h6-12,19,21H,13-18H2,1-5H3,(H2,27,28,29). The molecule has 3 aromatic rings. The second kappa shape index (κ2) is 10.2. The number of nitrogens with zero attached hydrogens (tertiary/aromatic N) is 5. The summed E-state index contributed by atoms with van der Waals surface area (Å²) in [4.78, 5) is 22.1. The van der Waals surface area contributed by atoms with Crippen LogP contribution in [0.1, 0.15) is 36.8 Å². The molecule has 1 atom stereocenters. The van der Waals surface area contributed by atoms with Crippen LogP contribution in [0.5, 0.6) is 0 Å². The van der Waals surface area contributed by atoms with E-state index in [-0.39, 0.29) is 16.9 Å². The fourth-order valence-electron chi connectivity index (χ4n) is 4.26. The second-order valence-corrected chi connectivity index (χ2v) is 15.8. The molecule has 0 saturated carbocycles. The van der Waals surface area contributed by atoms with Gasteiger partial charge in [0.05, 0.1) is 13.2 Å². The molecule has 3 heterocycles. The number of piperazine rings is 1. The van der Waals surface area contributed by atoms with Crippen LogP contribution < -0.4 is 5.73 Å². The summed E-state index contributed by atoms with van der Waals surface area (Å²) in [7, 11) is -1.92. The van der Waals surface area contributed by atoms with Gasteiger partial charge in [-0.1, -0.05) is 51.1 Å². The van der Waals surface area contributed by atoms with E-state index in [0.717, 1.165) is 26.2 Å². The lowest BCUT2D eigenvalue weighted by atomic mass is 10.1. The number of carbonyl (C=O) groups excluding carboxylic acids is 1. The zero-order chi connectivity index (χ0) is 25.2. The minimum Gasteiger partial charge on any atom is -0.415 e. The van der Waals surface area contributed by atoms with Gasteiger partial charge in [-0.2, -0.15) is 5.10 Å². The van der Waals surface area contributed by atoms with Crippen molar-refractivity contribution in [3.8, 4) is 0 Å². The first kappa shape index (κ1) is 25.5. The molecule has 1 saturated heterocycles. The van der Waals surface area contributed by atoms with Gasteiger partial charge in [0, 0.05) is 32.2 Å². The van der Waals surface area contributed by atoms with Crippen LogP contribution in [0.2, 0.25) is 18.1 Å². The number of carbonyl (C=O) groups is 1. The minimum absolute atomic E-state index is 0.0249. The van der Waals surface area contributed by atoms with Gasteiger partial charge in [0.25, 0.3) is 0 Å². The van der Waals surface area contributed by atoms with Crippen LogP contribution >= 0.6 is 0 Å². The van der Waals surface area contributed by atoms with Crippen molar-refractivity contribution in [1.29, 1.82) is 0 Å². The molecule has 0 aliphatic carbocycles. The normalized spacial score (nSPS) is 18.3. The Morgan fingerprint density at radius 1 is 1.14 bits per heavy atom.